The molecule has 3 heterocycles. The number of hydrogen-bond donors (Lipinski definition) is 4. The Bertz CT molecular complexity index is 1300. The monoisotopic (exact) mass is 566 g/mol. The minimum Gasteiger partial charge on any atom is -0.434 e. The third-order valence-corrected chi connectivity index (χ3v) is 8.29. The highest BCUT2D eigenvalue weighted by Crippen LogP contribution is 2.43. The van der Waals surface area contributed by atoms with E-state index >= 15 is 0 Å². The number of nitrogens with zero attached hydrogens (tertiary/aromatic N) is 1. The SMILES string of the molecule is O=C1NCC[C@H]1C[C@H](NC(=O)[C@@H]1[C@H]2CCC[C@H]2CN1C(=O)c1cc2c(OC(F)F)cc(Cl)cc2[nH]1)C(=O)CO. The largest absolute Gasteiger partial charge is 0.434 e. The predicted molar refractivity (Wildman–Crippen MR) is 135 cm³/mol. The Morgan fingerprint density at radius 3 is 2.69 bits per heavy atom. The van der Waals surface area contributed by atoms with Crippen molar-refractivity contribution in [2.24, 2.45) is 17.8 Å². The Labute approximate surface area is 227 Å². The maximum absolute atomic E-state index is 13.7. The zero-order valence-electron chi connectivity index (χ0n) is 20.9. The summed E-state index contributed by atoms with van der Waals surface area (Å²) in [5.41, 5.74) is 0.403. The first-order valence-electron chi connectivity index (χ1n) is 13.0. The lowest BCUT2D eigenvalue weighted by molar-refractivity contribution is -0.133. The van der Waals surface area contributed by atoms with Crippen molar-refractivity contribution in [3.8, 4) is 5.75 Å². The highest BCUT2D eigenvalue weighted by molar-refractivity contribution is 6.31. The maximum Gasteiger partial charge on any atom is 0.387 e. The zero-order chi connectivity index (χ0) is 27.8. The van der Waals surface area contributed by atoms with Gasteiger partial charge in [-0.15, -0.1) is 0 Å². The third-order valence-electron chi connectivity index (χ3n) is 8.08. The first kappa shape index (κ1) is 27.3. The van der Waals surface area contributed by atoms with Gasteiger partial charge in [-0.05, 0) is 55.7 Å². The molecule has 1 aromatic carbocycles. The number of aliphatic hydroxyl groups excluding tert-OH is 1. The van der Waals surface area contributed by atoms with Crippen LogP contribution in [0.1, 0.15) is 42.6 Å². The summed E-state index contributed by atoms with van der Waals surface area (Å²) < 4.78 is 30.5. The van der Waals surface area contributed by atoms with E-state index in [0.717, 1.165) is 19.3 Å². The van der Waals surface area contributed by atoms with E-state index in [1.165, 1.54) is 23.1 Å². The second kappa shape index (κ2) is 11.1. The summed E-state index contributed by atoms with van der Waals surface area (Å²) in [6, 6.07) is 2.17. The van der Waals surface area contributed by atoms with Crippen LogP contribution in [0.4, 0.5) is 8.78 Å². The van der Waals surface area contributed by atoms with Crippen molar-refractivity contribution in [1.29, 1.82) is 0 Å². The standard InChI is InChI=1S/C26H29ClF2N4O6/c27-14-7-17-16(21(8-14)39-26(28)29)9-19(31-17)25(38)33-10-13-2-1-3-15(13)22(33)24(37)32-18(20(35)11-34)6-12-4-5-30-23(12)36/h7-9,12-13,15,18,22,26,31,34H,1-6,10-11H2,(H,30,36)(H,32,37)/t12-,13-,15-,18-,22-/m0/s1. The molecule has 2 aliphatic heterocycles. The number of carbonyl (C=O) groups is 4. The summed E-state index contributed by atoms with van der Waals surface area (Å²) in [6.45, 7) is -3.08. The number of ketones is 1. The number of aliphatic hydroxyl groups is 1. The quantitative estimate of drug-likeness (QED) is 0.367. The van der Waals surface area contributed by atoms with Gasteiger partial charge in [0.2, 0.25) is 11.8 Å². The summed E-state index contributed by atoms with van der Waals surface area (Å²) in [5.74, 6) is -2.52. The van der Waals surface area contributed by atoms with Gasteiger partial charge in [0.05, 0.1) is 11.6 Å². The number of Topliss-reactive ketones (excluding diaryl/α,β-unsaturated/α-hetero) is 1. The number of alkyl halides is 2. The minimum absolute atomic E-state index is 0.0570. The second-order valence-electron chi connectivity index (χ2n) is 10.4. The number of likely N-dealkylation sites (tertiary alicyclic amines) is 1. The average molecular weight is 567 g/mol. The van der Waals surface area contributed by atoms with E-state index in [2.05, 4.69) is 20.4 Å². The van der Waals surface area contributed by atoms with Crippen LogP contribution in [0.3, 0.4) is 0 Å². The number of fused-ring (bicyclic) bond motifs is 2. The van der Waals surface area contributed by atoms with Gasteiger partial charge in [-0.25, -0.2) is 0 Å². The van der Waals surface area contributed by atoms with Crippen LogP contribution in [-0.2, 0) is 14.4 Å². The molecule has 0 spiro atoms. The van der Waals surface area contributed by atoms with Gasteiger partial charge in [-0.3, -0.25) is 19.2 Å². The Hall–Kier alpha value is -3.25. The molecular weight excluding hydrogens is 538 g/mol. The number of rotatable bonds is 9. The van der Waals surface area contributed by atoms with Crippen LogP contribution in [0, 0.1) is 17.8 Å². The molecular formula is C26H29ClF2N4O6. The Morgan fingerprint density at radius 1 is 1.21 bits per heavy atom. The molecule has 0 radical (unpaired) electrons. The highest BCUT2D eigenvalue weighted by atomic mass is 35.5. The van der Waals surface area contributed by atoms with Crippen LogP contribution in [0.15, 0.2) is 18.2 Å². The van der Waals surface area contributed by atoms with Gasteiger partial charge >= 0.3 is 6.61 Å². The van der Waals surface area contributed by atoms with Crippen molar-refractivity contribution in [3.05, 3.63) is 28.9 Å². The molecule has 0 bridgehead atoms. The maximum atomic E-state index is 13.7. The normalized spacial score (nSPS) is 25.2. The van der Waals surface area contributed by atoms with E-state index in [1.807, 2.05) is 0 Å². The highest BCUT2D eigenvalue weighted by Gasteiger charge is 2.50. The molecule has 5 atom stereocenters. The fourth-order valence-corrected chi connectivity index (χ4v) is 6.49. The number of aromatic amines is 1. The lowest BCUT2D eigenvalue weighted by Crippen LogP contribution is -2.53. The van der Waals surface area contributed by atoms with Gasteiger partial charge in [0, 0.05) is 29.4 Å². The Balaban J connectivity index is 1.41. The number of halogens is 3. The van der Waals surface area contributed by atoms with Gasteiger partial charge in [-0.1, -0.05) is 18.0 Å². The van der Waals surface area contributed by atoms with Crippen LogP contribution in [0.5, 0.6) is 5.75 Å². The van der Waals surface area contributed by atoms with Gasteiger partial charge in [0.25, 0.3) is 5.91 Å². The molecule has 5 rings (SSSR count). The van der Waals surface area contributed by atoms with Crippen molar-refractivity contribution in [2.45, 2.75) is 50.8 Å². The van der Waals surface area contributed by atoms with Gasteiger partial charge in [0.15, 0.2) is 5.78 Å². The molecule has 3 amide bonds. The lowest BCUT2D eigenvalue weighted by atomic mass is 9.92. The number of amides is 3. The Kier molecular flexibility index (Phi) is 7.77. The lowest BCUT2D eigenvalue weighted by Gasteiger charge is -2.29. The van der Waals surface area contributed by atoms with E-state index in [4.69, 9.17) is 11.6 Å². The summed E-state index contributed by atoms with van der Waals surface area (Å²) in [4.78, 5) is 56.3. The van der Waals surface area contributed by atoms with E-state index in [9.17, 15) is 33.1 Å². The number of aromatic nitrogens is 1. The molecule has 2 aromatic rings. The molecule has 0 unspecified atom stereocenters. The molecule has 1 saturated carbocycles. The van der Waals surface area contributed by atoms with Crippen LogP contribution in [-0.4, -0.2) is 76.9 Å². The first-order chi connectivity index (χ1) is 18.7. The van der Waals surface area contributed by atoms with Crippen molar-refractivity contribution in [3.63, 3.8) is 0 Å². The van der Waals surface area contributed by atoms with E-state index in [-0.39, 0.29) is 46.0 Å². The van der Waals surface area contributed by atoms with Crippen LogP contribution in [0.25, 0.3) is 10.9 Å². The summed E-state index contributed by atoms with van der Waals surface area (Å²) in [5, 5.41) is 15.3. The minimum atomic E-state index is -3.09. The van der Waals surface area contributed by atoms with Crippen molar-refractivity contribution < 1.29 is 37.8 Å². The molecule has 4 N–H and O–H groups in total. The first-order valence-corrected chi connectivity index (χ1v) is 13.3. The van der Waals surface area contributed by atoms with E-state index < -0.39 is 48.8 Å². The van der Waals surface area contributed by atoms with Crippen molar-refractivity contribution in [2.75, 3.05) is 19.7 Å². The second-order valence-corrected chi connectivity index (χ2v) is 10.8. The molecule has 39 heavy (non-hydrogen) atoms. The fourth-order valence-electron chi connectivity index (χ4n) is 6.28. The van der Waals surface area contributed by atoms with Gasteiger partial charge in [0.1, 0.15) is 24.1 Å². The molecule has 10 nitrogen and oxygen atoms in total. The number of nitrogens with one attached hydrogen (secondary N) is 3. The molecule has 3 fully saturated rings. The predicted octanol–water partition coefficient (Wildman–Crippen LogP) is 2.24. The number of benzene rings is 1. The molecule has 3 aliphatic rings. The topological polar surface area (TPSA) is 141 Å². The Morgan fingerprint density at radius 2 is 2.00 bits per heavy atom. The van der Waals surface area contributed by atoms with Crippen LogP contribution in [0.2, 0.25) is 5.02 Å². The summed E-state index contributed by atoms with van der Waals surface area (Å²) >= 11 is 6.04. The van der Waals surface area contributed by atoms with Crippen molar-refractivity contribution >= 4 is 46.0 Å². The number of hydrogen-bond acceptors (Lipinski definition) is 6. The van der Waals surface area contributed by atoms with E-state index in [0.29, 0.717) is 25.0 Å². The van der Waals surface area contributed by atoms with E-state index in [1.54, 1.807) is 0 Å². The van der Waals surface area contributed by atoms with Gasteiger partial charge in [-0.2, -0.15) is 8.78 Å². The molecule has 2 saturated heterocycles. The fraction of sp³-hybridized carbons (Fsp3) is 0.538. The van der Waals surface area contributed by atoms with Crippen LogP contribution >= 0.6 is 11.6 Å². The number of H-pyrrole nitrogens is 1. The third kappa shape index (κ3) is 5.44. The summed E-state index contributed by atoms with van der Waals surface area (Å²) in [6.07, 6.45) is 3.05. The number of carbonyl (C=O) groups excluding carboxylic acids is 4. The number of ether oxygens (including phenoxy) is 1. The smallest absolute Gasteiger partial charge is 0.387 e. The molecule has 1 aromatic heterocycles. The zero-order valence-corrected chi connectivity index (χ0v) is 21.7. The van der Waals surface area contributed by atoms with Crippen LogP contribution < -0.4 is 15.4 Å². The molecule has 210 valence electrons. The molecule has 13 heteroatoms. The summed E-state index contributed by atoms with van der Waals surface area (Å²) in [7, 11) is 0. The van der Waals surface area contributed by atoms with Crippen molar-refractivity contribution in [1.82, 2.24) is 20.5 Å². The average Bonchev–Trinajstić information content (AvgIpc) is 3.66. The van der Waals surface area contributed by atoms with Gasteiger partial charge < -0.3 is 30.4 Å². The molecule has 1 aliphatic carbocycles.